The lowest BCUT2D eigenvalue weighted by molar-refractivity contribution is 0.0778. The fourth-order valence-corrected chi connectivity index (χ4v) is 2.80. The first-order valence-electron chi connectivity index (χ1n) is 8.40. The van der Waals surface area contributed by atoms with Crippen LogP contribution in [0.1, 0.15) is 37.5 Å². The third-order valence-electron chi connectivity index (χ3n) is 4.23. The Morgan fingerprint density at radius 3 is 2.27 bits per heavy atom. The van der Waals surface area contributed by atoms with E-state index in [0.29, 0.717) is 23.2 Å². The molecule has 0 aliphatic heterocycles. The molecule has 5 heteroatoms. The smallest absolute Gasteiger partial charge is 0.254 e. The number of aromatic nitrogens is 2. The van der Waals surface area contributed by atoms with Gasteiger partial charge in [-0.2, -0.15) is 5.10 Å². The summed E-state index contributed by atoms with van der Waals surface area (Å²) in [6.45, 7) is 2.35. The first-order chi connectivity index (χ1) is 12.5. The first kappa shape index (κ1) is 17.6. The standard InChI is InChI=1S/C21H21N3O2/c1-15-8-10-16(11-9-15)20(25)18-6-4-5-7-19(18)21(26)23(2)14-17-12-13-24(3)22-17/h4-13H,14H2,1-3H3. The summed E-state index contributed by atoms with van der Waals surface area (Å²) in [4.78, 5) is 27.4. The molecule has 3 aromatic rings. The molecule has 0 bridgehead atoms. The predicted molar refractivity (Wildman–Crippen MR) is 100 cm³/mol. The molecular weight excluding hydrogens is 326 g/mol. The van der Waals surface area contributed by atoms with Crippen molar-refractivity contribution in [3.8, 4) is 0 Å². The van der Waals surface area contributed by atoms with Crippen LogP contribution in [0.3, 0.4) is 0 Å². The van der Waals surface area contributed by atoms with Crippen molar-refractivity contribution in [3.05, 3.63) is 88.7 Å². The van der Waals surface area contributed by atoms with E-state index in [0.717, 1.165) is 11.3 Å². The maximum Gasteiger partial charge on any atom is 0.254 e. The second kappa shape index (κ2) is 7.35. The van der Waals surface area contributed by atoms with Crippen LogP contribution in [0.5, 0.6) is 0 Å². The molecule has 0 aliphatic carbocycles. The van der Waals surface area contributed by atoms with E-state index in [1.165, 1.54) is 0 Å². The minimum absolute atomic E-state index is 0.153. The number of hydrogen-bond donors (Lipinski definition) is 0. The van der Waals surface area contributed by atoms with E-state index < -0.39 is 0 Å². The maximum atomic E-state index is 12.9. The molecule has 0 aliphatic rings. The number of aryl methyl sites for hydroxylation is 2. The zero-order valence-corrected chi connectivity index (χ0v) is 15.1. The predicted octanol–water partition coefficient (Wildman–Crippen LogP) is 3.23. The minimum Gasteiger partial charge on any atom is -0.336 e. The molecule has 26 heavy (non-hydrogen) atoms. The summed E-state index contributed by atoms with van der Waals surface area (Å²) >= 11 is 0. The maximum absolute atomic E-state index is 12.9. The van der Waals surface area contributed by atoms with Crippen molar-refractivity contribution in [2.75, 3.05) is 7.05 Å². The molecule has 132 valence electrons. The number of amides is 1. The lowest BCUT2D eigenvalue weighted by Gasteiger charge is -2.18. The molecule has 0 saturated carbocycles. The lowest BCUT2D eigenvalue weighted by atomic mass is 9.97. The molecule has 1 aromatic heterocycles. The average molecular weight is 347 g/mol. The van der Waals surface area contributed by atoms with Crippen molar-refractivity contribution in [1.29, 1.82) is 0 Å². The Hall–Kier alpha value is -3.21. The topological polar surface area (TPSA) is 55.2 Å². The van der Waals surface area contributed by atoms with Gasteiger partial charge in [0.25, 0.3) is 5.91 Å². The van der Waals surface area contributed by atoms with Gasteiger partial charge in [0.15, 0.2) is 5.78 Å². The number of rotatable bonds is 5. The zero-order valence-electron chi connectivity index (χ0n) is 15.1. The van der Waals surface area contributed by atoms with Crippen LogP contribution in [0.2, 0.25) is 0 Å². The number of hydrogen-bond acceptors (Lipinski definition) is 3. The van der Waals surface area contributed by atoms with Gasteiger partial charge in [-0.05, 0) is 19.1 Å². The molecular formula is C21H21N3O2. The lowest BCUT2D eigenvalue weighted by Crippen LogP contribution is -2.28. The molecule has 0 fully saturated rings. The summed E-state index contributed by atoms with van der Waals surface area (Å²) in [5.41, 5.74) is 3.26. The molecule has 5 nitrogen and oxygen atoms in total. The third-order valence-corrected chi connectivity index (χ3v) is 4.23. The van der Waals surface area contributed by atoms with Crippen molar-refractivity contribution >= 4 is 11.7 Å². The molecule has 0 unspecified atom stereocenters. The van der Waals surface area contributed by atoms with E-state index >= 15 is 0 Å². The van der Waals surface area contributed by atoms with Gasteiger partial charge in [-0.1, -0.05) is 48.0 Å². The number of carbonyl (C=O) groups excluding carboxylic acids is 2. The molecule has 0 N–H and O–H groups in total. The van der Waals surface area contributed by atoms with Crippen LogP contribution < -0.4 is 0 Å². The van der Waals surface area contributed by atoms with E-state index in [1.807, 2.05) is 38.4 Å². The van der Waals surface area contributed by atoms with Gasteiger partial charge in [0.2, 0.25) is 0 Å². The SMILES string of the molecule is Cc1ccc(C(=O)c2ccccc2C(=O)N(C)Cc2ccn(C)n2)cc1. The van der Waals surface area contributed by atoms with E-state index in [4.69, 9.17) is 0 Å². The van der Waals surface area contributed by atoms with Crippen molar-refractivity contribution in [3.63, 3.8) is 0 Å². The number of carbonyl (C=O) groups is 2. The van der Waals surface area contributed by atoms with Crippen LogP contribution in [0.15, 0.2) is 60.8 Å². The Morgan fingerprint density at radius 1 is 1.00 bits per heavy atom. The van der Waals surface area contributed by atoms with Crippen molar-refractivity contribution < 1.29 is 9.59 Å². The van der Waals surface area contributed by atoms with E-state index in [1.54, 1.807) is 53.0 Å². The van der Waals surface area contributed by atoms with Gasteiger partial charge >= 0.3 is 0 Å². The summed E-state index contributed by atoms with van der Waals surface area (Å²) in [5.74, 6) is -0.355. The monoisotopic (exact) mass is 347 g/mol. The molecule has 1 amide bonds. The Bertz CT molecular complexity index is 942. The number of nitrogens with zero attached hydrogens (tertiary/aromatic N) is 3. The molecule has 0 saturated heterocycles. The van der Waals surface area contributed by atoms with Crippen LogP contribution in [0, 0.1) is 6.92 Å². The highest BCUT2D eigenvalue weighted by atomic mass is 16.2. The van der Waals surface area contributed by atoms with E-state index in [9.17, 15) is 9.59 Å². The van der Waals surface area contributed by atoms with Crippen LogP contribution in [0.25, 0.3) is 0 Å². The molecule has 1 heterocycles. The average Bonchev–Trinajstić information content (AvgIpc) is 3.06. The van der Waals surface area contributed by atoms with Crippen LogP contribution in [-0.2, 0) is 13.6 Å². The fraction of sp³-hybridized carbons (Fsp3) is 0.190. The molecule has 0 atom stereocenters. The Labute approximate surface area is 152 Å². The Balaban J connectivity index is 1.87. The largest absolute Gasteiger partial charge is 0.336 e. The van der Waals surface area contributed by atoms with Gasteiger partial charge in [-0.15, -0.1) is 0 Å². The van der Waals surface area contributed by atoms with Crippen LogP contribution in [0.4, 0.5) is 0 Å². The minimum atomic E-state index is -0.202. The van der Waals surface area contributed by atoms with E-state index in [2.05, 4.69) is 5.10 Å². The van der Waals surface area contributed by atoms with Crippen LogP contribution in [-0.4, -0.2) is 33.4 Å². The number of ketones is 1. The Morgan fingerprint density at radius 2 is 1.65 bits per heavy atom. The van der Waals surface area contributed by atoms with Gasteiger partial charge < -0.3 is 4.90 Å². The highest BCUT2D eigenvalue weighted by Crippen LogP contribution is 2.17. The number of benzene rings is 2. The molecule has 3 rings (SSSR count). The normalized spacial score (nSPS) is 10.6. The third kappa shape index (κ3) is 3.72. The summed E-state index contributed by atoms with van der Waals surface area (Å²) in [6.07, 6.45) is 1.84. The second-order valence-electron chi connectivity index (χ2n) is 6.38. The molecule has 2 aromatic carbocycles. The quantitative estimate of drug-likeness (QED) is 0.666. The van der Waals surface area contributed by atoms with Gasteiger partial charge in [-0.3, -0.25) is 14.3 Å². The summed E-state index contributed by atoms with van der Waals surface area (Å²) in [7, 11) is 3.55. The fourth-order valence-electron chi connectivity index (χ4n) is 2.80. The summed E-state index contributed by atoms with van der Waals surface area (Å²) in [6, 6.07) is 16.2. The highest BCUT2D eigenvalue weighted by molar-refractivity contribution is 6.15. The zero-order chi connectivity index (χ0) is 18.7. The van der Waals surface area contributed by atoms with Gasteiger partial charge in [-0.25, -0.2) is 0 Å². The molecule has 0 radical (unpaired) electrons. The summed E-state index contributed by atoms with van der Waals surface area (Å²) in [5, 5.41) is 4.30. The van der Waals surface area contributed by atoms with Crippen molar-refractivity contribution in [2.24, 2.45) is 7.05 Å². The van der Waals surface area contributed by atoms with Gasteiger partial charge in [0.05, 0.1) is 17.8 Å². The van der Waals surface area contributed by atoms with Crippen molar-refractivity contribution in [2.45, 2.75) is 13.5 Å². The van der Waals surface area contributed by atoms with E-state index in [-0.39, 0.29) is 11.7 Å². The summed E-state index contributed by atoms with van der Waals surface area (Å²) < 4.78 is 1.70. The van der Waals surface area contributed by atoms with Gasteiger partial charge in [0.1, 0.15) is 0 Å². The highest BCUT2D eigenvalue weighted by Gasteiger charge is 2.21. The van der Waals surface area contributed by atoms with Gasteiger partial charge in [0, 0.05) is 31.4 Å². The molecule has 0 spiro atoms. The first-order valence-corrected chi connectivity index (χ1v) is 8.40. The van der Waals surface area contributed by atoms with Crippen molar-refractivity contribution in [1.82, 2.24) is 14.7 Å². The van der Waals surface area contributed by atoms with Crippen LogP contribution >= 0.6 is 0 Å². The Kier molecular flexibility index (Phi) is 4.98. The second-order valence-corrected chi connectivity index (χ2v) is 6.38.